The van der Waals surface area contributed by atoms with Crippen LogP contribution in [-0.4, -0.2) is 25.8 Å². The second-order valence-electron chi connectivity index (χ2n) is 4.27. The van der Waals surface area contributed by atoms with Crippen LogP contribution in [-0.2, 0) is 11.2 Å². The molecule has 0 amide bonds. The number of benzene rings is 1. The van der Waals surface area contributed by atoms with Crippen LogP contribution in [0.4, 0.5) is 0 Å². The molecular formula is C14H21Cl2NO. The molecule has 0 bridgehead atoms. The van der Waals surface area contributed by atoms with Crippen molar-refractivity contribution in [1.29, 1.82) is 0 Å². The van der Waals surface area contributed by atoms with E-state index in [4.69, 9.17) is 27.9 Å². The maximum atomic E-state index is 6.17. The molecular weight excluding hydrogens is 269 g/mol. The van der Waals surface area contributed by atoms with Gasteiger partial charge >= 0.3 is 0 Å². The first-order valence-corrected chi connectivity index (χ1v) is 7.18. The SMILES string of the molecule is CCCOCC(Cc1cc(Cl)ccc1Cl)NCC. The summed E-state index contributed by atoms with van der Waals surface area (Å²) in [6.45, 7) is 6.61. The summed E-state index contributed by atoms with van der Waals surface area (Å²) in [7, 11) is 0. The van der Waals surface area contributed by atoms with Crippen LogP contribution in [0.1, 0.15) is 25.8 Å². The second-order valence-corrected chi connectivity index (χ2v) is 5.11. The summed E-state index contributed by atoms with van der Waals surface area (Å²) in [5.41, 5.74) is 1.07. The highest BCUT2D eigenvalue weighted by molar-refractivity contribution is 6.33. The van der Waals surface area contributed by atoms with Crippen molar-refractivity contribution in [3.05, 3.63) is 33.8 Å². The molecule has 0 aliphatic carbocycles. The van der Waals surface area contributed by atoms with Crippen molar-refractivity contribution >= 4 is 23.2 Å². The quantitative estimate of drug-likeness (QED) is 0.732. The van der Waals surface area contributed by atoms with Gasteiger partial charge in [-0.1, -0.05) is 37.0 Å². The van der Waals surface area contributed by atoms with Gasteiger partial charge in [-0.15, -0.1) is 0 Å². The zero-order chi connectivity index (χ0) is 13.4. The highest BCUT2D eigenvalue weighted by Crippen LogP contribution is 2.22. The molecule has 1 unspecified atom stereocenters. The van der Waals surface area contributed by atoms with Crippen LogP contribution in [0.3, 0.4) is 0 Å². The van der Waals surface area contributed by atoms with Crippen LogP contribution in [0.25, 0.3) is 0 Å². The van der Waals surface area contributed by atoms with Crippen LogP contribution in [0.2, 0.25) is 10.0 Å². The third-order valence-corrected chi connectivity index (χ3v) is 3.24. The lowest BCUT2D eigenvalue weighted by Crippen LogP contribution is -2.35. The molecule has 0 saturated carbocycles. The van der Waals surface area contributed by atoms with Crippen molar-refractivity contribution in [1.82, 2.24) is 5.32 Å². The Bertz CT molecular complexity index is 358. The number of hydrogen-bond donors (Lipinski definition) is 1. The van der Waals surface area contributed by atoms with Crippen molar-refractivity contribution < 1.29 is 4.74 Å². The van der Waals surface area contributed by atoms with Crippen LogP contribution in [0.15, 0.2) is 18.2 Å². The van der Waals surface area contributed by atoms with Crippen LogP contribution >= 0.6 is 23.2 Å². The van der Waals surface area contributed by atoms with Crippen LogP contribution < -0.4 is 5.32 Å². The molecule has 1 rings (SSSR count). The molecule has 2 nitrogen and oxygen atoms in total. The standard InChI is InChI=1S/C14H21Cl2NO/c1-3-7-18-10-13(17-4-2)9-11-8-12(15)5-6-14(11)16/h5-6,8,13,17H,3-4,7,9-10H2,1-2H3. The third-order valence-electron chi connectivity index (χ3n) is 2.63. The van der Waals surface area contributed by atoms with Gasteiger partial charge in [0.1, 0.15) is 0 Å². The molecule has 0 radical (unpaired) electrons. The van der Waals surface area contributed by atoms with E-state index < -0.39 is 0 Å². The Labute approximate surface area is 120 Å². The van der Waals surface area contributed by atoms with E-state index in [0.717, 1.165) is 41.6 Å². The largest absolute Gasteiger partial charge is 0.380 e. The van der Waals surface area contributed by atoms with E-state index in [9.17, 15) is 0 Å². The molecule has 0 fully saturated rings. The van der Waals surface area contributed by atoms with E-state index in [0.29, 0.717) is 6.61 Å². The molecule has 0 aliphatic heterocycles. The van der Waals surface area contributed by atoms with E-state index in [2.05, 4.69) is 19.2 Å². The van der Waals surface area contributed by atoms with Crippen LogP contribution in [0, 0.1) is 0 Å². The van der Waals surface area contributed by atoms with Crippen molar-refractivity contribution in [2.75, 3.05) is 19.8 Å². The first kappa shape index (κ1) is 15.8. The average molecular weight is 290 g/mol. The summed E-state index contributed by atoms with van der Waals surface area (Å²) < 4.78 is 5.60. The average Bonchev–Trinajstić information content (AvgIpc) is 2.34. The fourth-order valence-electron chi connectivity index (χ4n) is 1.81. The molecule has 0 aromatic heterocycles. The van der Waals surface area contributed by atoms with Gasteiger partial charge in [-0.05, 0) is 43.1 Å². The molecule has 1 aromatic carbocycles. The first-order chi connectivity index (χ1) is 8.67. The van der Waals surface area contributed by atoms with Crippen LogP contribution in [0.5, 0.6) is 0 Å². The topological polar surface area (TPSA) is 21.3 Å². The van der Waals surface area contributed by atoms with E-state index in [1.54, 1.807) is 0 Å². The fourth-order valence-corrected chi connectivity index (χ4v) is 2.20. The summed E-state index contributed by atoms with van der Waals surface area (Å²) in [6.07, 6.45) is 1.87. The Hall–Kier alpha value is -0.280. The third kappa shape index (κ3) is 5.57. The summed E-state index contributed by atoms with van der Waals surface area (Å²) in [4.78, 5) is 0. The van der Waals surface area contributed by atoms with Gasteiger partial charge in [0.15, 0.2) is 0 Å². The minimum absolute atomic E-state index is 0.275. The fraction of sp³-hybridized carbons (Fsp3) is 0.571. The summed E-state index contributed by atoms with van der Waals surface area (Å²) in [6, 6.07) is 5.85. The predicted octanol–water partition coefficient (Wildman–Crippen LogP) is 3.94. The maximum Gasteiger partial charge on any atom is 0.0622 e. The van der Waals surface area contributed by atoms with Gasteiger partial charge in [-0.3, -0.25) is 0 Å². The number of halogens is 2. The molecule has 1 aromatic rings. The molecule has 4 heteroatoms. The van der Waals surface area contributed by atoms with Gasteiger partial charge in [0.05, 0.1) is 6.61 Å². The van der Waals surface area contributed by atoms with E-state index in [1.165, 1.54) is 0 Å². The van der Waals surface area contributed by atoms with Gasteiger partial charge < -0.3 is 10.1 Å². The zero-order valence-corrected chi connectivity index (χ0v) is 12.5. The van der Waals surface area contributed by atoms with E-state index in [-0.39, 0.29) is 6.04 Å². The molecule has 18 heavy (non-hydrogen) atoms. The molecule has 0 heterocycles. The first-order valence-electron chi connectivity index (χ1n) is 6.42. The minimum Gasteiger partial charge on any atom is -0.380 e. The zero-order valence-electron chi connectivity index (χ0n) is 11.0. The normalized spacial score (nSPS) is 12.7. The monoisotopic (exact) mass is 289 g/mol. The molecule has 1 N–H and O–H groups in total. The van der Waals surface area contributed by atoms with Crippen molar-refractivity contribution in [2.24, 2.45) is 0 Å². The lowest BCUT2D eigenvalue weighted by Gasteiger charge is -2.18. The van der Waals surface area contributed by atoms with Gasteiger partial charge in [0.25, 0.3) is 0 Å². The summed E-state index contributed by atoms with van der Waals surface area (Å²) >= 11 is 12.2. The molecule has 0 saturated heterocycles. The number of ether oxygens (including phenoxy) is 1. The number of rotatable bonds is 8. The highest BCUT2D eigenvalue weighted by Gasteiger charge is 2.11. The van der Waals surface area contributed by atoms with Gasteiger partial charge in [-0.2, -0.15) is 0 Å². The number of nitrogens with one attached hydrogen (secondary N) is 1. The Morgan fingerprint density at radius 1 is 1.28 bits per heavy atom. The maximum absolute atomic E-state index is 6.17. The second kappa shape index (κ2) is 8.76. The summed E-state index contributed by atoms with van der Waals surface area (Å²) in [5.74, 6) is 0. The molecule has 0 spiro atoms. The van der Waals surface area contributed by atoms with E-state index >= 15 is 0 Å². The van der Waals surface area contributed by atoms with Crippen molar-refractivity contribution in [3.8, 4) is 0 Å². The van der Waals surface area contributed by atoms with Crippen molar-refractivity contribution in [2.45, 2.75) is 32.7 Å². The Balaban J connectivity index is 2.60. The predicted molar refractivity (Wildman–Crippen MR) is 78.7 cm³/mol. The minimum atomic E-state index is 0.275. The van der Waals surface area contributed by atoms with Gasteiger partial charge in [-0.25, -0.2) is 0 Å². The Morgan fingerprint density at radius 2 is 2.06 bits per heavy atom. The molecule has 1 atom stereocenters. The van der Waals surface area contributed by atoms with E-state index in [1.807, 2.05) is 18.2 Å². The number of likely N-dealkylation sites (N-methyl/N-ethyl adjacent to an activating group) is 1. The molecule has 102 valence electrons. The Kier molecular flexibility index (Phi) is 7.68. The lowest BCUT2D eigenvalue weighted by molar-refractivity contribution is 0.112. The summed E-state index contributed by atoms with van der Waals surface area (Å²) in [5, 5.41) is 4.89. The van der Waals surface area contributed by atoms with Gasteiger partial charge in [0.2, 0.25) is 0 Å². The highest BCUT2D eigenvalue weighted by atomic mass is 35.5. The molecule has 0 aliphatic rings. The van der Waals surface area contributed by atoms with Gasteiger partial charge in [0, 0.05) is 22.7 Å². The lowest BCUT2D eigenvalue weighted by atomic mass is 10.1. The smallest absolute Gasteiger partial charge is 0.0622 e. The number of hydrogen-bond acceptors (Lipinski definition) is 2. The van der Waals surface area contributed by atoms with Crippen molar-refractivity contribution in [3.63, 3.8) is 0 Å². The Morgan fingerprint density at radius 3 is 2.72 bits per heavy atom.